The van der Waals surface area contributed by atoms with E-state index in [1.54, 1.807) is 0 Å². The number of halogens is 2. The van der Waals surface area contributed by atoms with Crippen molar-refractivity contribution < 1.29 is 28.8 Å². The van der Waals surface area contributed by atoms with Gasteiger partial charge in [0.1, 0.15) is 0 Å². The molecule has 0 amide bonds. The molecule has 0 aliphatic heterocycles. The maximum Gasteiger partial charge on any atom is 0.549 e. The first-order valence-electron chi connectivity index (χ1n) is 10.7. The van der Waals surface area contributed by atoms with Crippen molar-refractivity contribution in [2.45, 2.75) is 80.1 Å². The molecule has 0 aromatic rings. The summed E-state index contributed by atoms with van der Waals surface area (Å²) in [6.07, 6.45) is 2.81. The van der Waals surface area contributed by atoms with Crippen LogP contribution >= 0.6 is 23.2 Å². The van der Waals surface area contributed by atoms with E-state index >= 15 is 0 Å². The van der Waals surface area contributed by atoms with E-state index in [2.05, 4.69) is 51.3 Å². The number of hydrogen-bond acceptors (Lipinski definition) is 6. The van der Waals surface area contributed by atoms with Crippen molar-refractivity contribution >= 4 is 35.5 Å². The summed E-state index contributed by atoms with van der Waals surface area (Å²) >= 11 is 11.7. The summed E-state index contributed by atoms with van der Waals surface area (Å²) in [5.74, 6) is 2.07. The fraction of sp³-hybridized carbons (Fsp3) is 0.909. The van der Waals surface area contributed by atoms with Gasteiger partial charge in [-0.25, -0.2) is 0 Å². The quantitative estimate of drug-likeness (QED) is 0.0974. The maximum atomic E-state index is 11.5. The van der Waals surface area contributed by atoms with Crippen molar-refractivity contribution in [2.24, 2.45) is 22.7 Å². The van der Waals surface area contributed by atoms with Gasteiger partial charge in [0.2, 0.25) is 0 Å². The van der Waals surface area contributed by atoms with Crippen LogP contribution in [0.25, 0.3) is 0 Å². The molecule has 0 bridgehead atoms. The second-order valence-electron chi connectivity index (χ2n) is 9.73. The van der Waals surface area contributed by atoms with Crippen LogP contribution in [0.3, 0.4) is 0 Å². The molecule has 0 radical (unpaired) electrons. The minimum Gasteiger partial charge on any atom is -0.432 e. The van der Waals surface area contributed by atoms with Crippen molar-refractivity contribution in [2.75, 3.05) is 25.0 Å². The molecule has 0 aliphatic rings. The lowest BCUT2D eigenvalue weighted by atomic mass is 9.76. The molecule has 0 aromatic carbocycles. The van der Waals surface area contributed by atoms with Crippen molar-refractivity contribution in [3.63, 3.8) is 0 Å². The predicted octanol–water partition coefficient (Wildman–Crippen LogP) is 7.35. The van der Waals surface area contributed by atoms with E-state index in [0.29, 0.717) is 36.4 Å². The van der Waals surface area contributed by atoms with Gasteiger partial charge in [0.15, 0.2) is 0 Å². The third-order valence-electron chi connectivity index (χ3n) is 5.38. The van der Waals surface area contributed by atoms with Crippen LogP contribution in [0.5, 0.6) is 0 Å². The molecule has 0 saturated carbocycles. The number of rotatable bonds is 12. The van der Waals surface area contributed by atoms with E-state index in [4.69, 9.17) is 32.7 Å². The summed E-state index contributed by atoms with van der Waals surface area (Å²) in [7, 11) is 0. The lowest BCUT2D eigenvalue weighted by Crippen LogP contribution is -2.22. The summed E-state index contributed by atoms with van der Waals surface area (Å²) in [5, 5.41) is 0. The van der Waals surface area contributed by atoms with Crippen molar-refractivity contribution in [1.29, 1.82) is 0 Å². The van der Waals surface area contributed by atoms with Gasteiger partial charge in [-0.1, -0.05) is 41.5 Å². The average molecular weight is 471 g/mol. The second kappa shape index (κ2) is 15.0. The molecule has 0 aromatic heterocycles. The van der Waals surface area contributed by atoms with E-state index in [0.717, 1.165) is 25.7 Å². The summed E-state index contributed by atoms with van der Waals surface area (Å²) in [6, 6.07) is 0. The minimum absolute atomic E-state index is 0.138. The van der Waals surface area contributed by atoms with Gasteiger partial charge in [-0.15, -0.1) is 23.2 Å². The van der Waals surface area contributed by atoms with Crippen LogP contribution in [0, 0.1) is 22.7 Å². The molecule has 0 N–H and O–H groups in total. The third kappa shape index (κ3) is 14.2. The van der Waals surface area contributed by atoms with E-state index in [-0.39, 0.29) is 24.0 Å². The molecule has 30 heavy (non-hydrogen) atoms. The fourth-order valence-electron chi connectivity index (χ4n) is 3.37. The van der Waals surface area contributed by atoms with Crippen LogP contribution in [0.15, 0.2) is 0 Å². The summed E-state index contributed by atoms with van der Waals surface area (Å²) in [6.45, 7) is 13.4. The van der Waals surface area contributed by atoms with Gasteiger partial charge < -0.3 is 9.47 Å². The Hall–Kier alpha value is -0.880. The number of ether oxygens (including phenoxy) is 2. The summed E-state index contributed by atoms with van der Waals surface area (Å²) in [5.41, 5.74) is 0.276. The van der Waals surface area contributed by atoms with Gasteiger partial charge in [-0.05, 0) is 61.2 Å². The Balaban J connectivity index is 3.95. The van der Waals surface area contributed by atoms with E-state index < -0.39 is 12.3 Å². The van der Waals surface area contributed by atoms with Gasteiger partial charge in [0, 0.05) is 11.8 Å². The topological polar surface area (TPSA) is 71.1 Å². The average Bonchev–Trinajstić information content (AvgIpc) is 2.63. The van der Waals surface area contributed by atoms with E-state index in [1.165, 1.54) is 0 Å². The van der Waals surface area contributed by atoms with Gasteiger partial charge in [0.25, 0.3) is 0 Å². The summed E-state index contributed by atoms with van der Waals surface area (Å²) in [4.78, 5) is 31.7. The SMILES string of the molecule is CC(C)(C)C(CCCl)CCCOC(=O)OOC(=O)OCCCC(CCCl)C(C)(C)C. The van der Waals surface area contributed by atoms with Crippen LogP contribution in [0.2, 0.25) is 0 Å². The largest absolute Gasteiger partial charge is 0.549 e. The Morgan fingerprint density at radius 1 is 0.667 bits per heavy atom. The number of carbonyl (C=O) groups is 2. The van der Waals surface area contributed by atoms with Crippen LogP contribution in [0.1, 0.15) is 80.1 Å². The highest BCUT2D eigenvalue weighted by Crippen LogP contribution is 2.33. The lowest BCUT2D eigenvalue weighted by Gasteiger charge is -2.30. The highest BCUT2D eigenvalue weighted by Gasteiger charge is 2.24. The van der Waals surface area contributed by atoms with E-state index in [1.807, 2.05) is 0 Å². The van der Waals surface area contributed by atoms with Crippen LogP contribution < -0.4 is 0 Å². The predicted molar refractivity (Wildman–Crippen MR) is 120 cm³/mol. The van der Waals surface area contributed by atoms with Crippen molar-refractivity contribution in [1.82, 2.24) is 0 Å². The molecular weight excluding hydrogens is 431 g/mol. The van der Waals surface area contributed by atoms with Gasteiger partial charge in [-0.2, -0.15) is 19.4 Å². The number of alkyl halides is 2. The molecule has 2 atom stereocenters. The highest BCUT2D eigenvalue weighted by molar-refractivity contribution is 6.18. The normalized spacial score (nSPS) is 14.0. The highest BCUT2D eigenvalue weighted by atomic mass is 35.5. The molecule has 6 nitrogen and oxygen atoms in total. The Morgan fingerprint density at radius 2 is 1.00 bits per heavy atom. The Labute approximate surface area is 192 Å². The first kappa shape index (κ1) is 29.1. The molecule has 0 rings (SSSR count). The zero-order valence-corrected chi connectivity index (χ0v) is 20.9. The molecule has 0 heterocycles. The third-order valence-corrected chi connectivity index (χ3v) is 5.81. The number of hydrogen-bond donors (Lipinski definition) is 0. The Kier molecular flexibility index (Phi) is 14.6. The number of carbonyl (C=O) groups excluding carboxylic acids is 2. The molecular formula is C22H40Cl2O6. The first-order chi connectivity index (χ1) is 13.9. The Morgan fingerprint density at radius 3 is 1.27 bits per heavy atom. The molecule has 0 spiro atoms. The van der Waals surface area contributed by atoms with Crippen LogP contribution in [-0.4, -0.2) is 37.3 Å². The molecule has 178 valence electrons. The molecule has 0 aliphatic carbocycles. The smallest absolute Gasteiger partial charge is 0.432 e. The zero-order valence-electron chi connectivity index (χ0n) is 19.4. The monoisotopic (exact) mass is 470 g/mol. The first-order valence-corrected chi connectivity index (χ1v) is 11.8. The molecule has 8 heteroatoms. The van der Waals surface area contributed by atoms with Gasteiger partial charge in [0.05, 0.1) is 13.2 Å². The molecule has 2 unspecified atom stereocenters. The Bertz CT molecular complexity index is 441. The molecule has 0 fully saturated rings. The second-order valence-corrected chi connectivity index (χ2v) is 10.5. The van der Waals surface area contributed by atoms with Crippen molar-refractivity contribution in [3.05, 3.63) is 0 Å². The minimum atomic E-state index is -1.06. The van der Waals surface area contributed by atoms with Gasteiger partial charge >= 0.3 is 12.3 Å². The van der Waals surface area contributed by atoms with Crippen LogP contribution in [0.4, 0.5) is 9.59 Å². The van der Waals surface area contributed by atoms with E-state index in [9.17, 15) is 9.59 Å². The molecule has 0 saturated heterocycles. The van der Waals surface area contributed by atoms with Crippen LogP contribution in [-0.2, 0) is 19.2 Å². The maximum absolute atomic E-state index is 11.5. The standard InChI is InChI=1S/C22H40Cl2O6/c1-21(2,3)17(11-13-23)9-7-15-27-19(25)29-30-20(26)28-16-8-10-18(12-14-24)22(4,5)6/h17-18H,7-16H2,1-6H3. The lowest BCUT2D eigenvalue weighted by molar-refractivity contribution is -0.218. The van der Waals surface area contributed by atoms with Crippen molar-refractivity contribution in [3.8, 4) is 0 Å². The fourth-order valence-corrected chi connectivity index (χ4v) is 3.90. The van der Waals surface area contributed by atoms with Gasteiger partial charge in [-0.3, -0.25) is 0 Å². The summed E-state index contributed by atoms with van der Waals surface area (Å²) < 4.78 is 9.83. The zero-order chi connectivity index (χ0) is 23.2.